The van der Waals surface area contributed by atoms with E-state index in [2.05, 4.69) is 5.32 Å². The number of hydrogen-bond acceptors (Lipinski definition) is 4. The smallest absolute Gasteiger partial charge is 0.264 e. The van der Waals surface area contributed by atoms with Crippen molar-refractivity contribution in [2.45, 2.75) is 44.2 Å². The summed E-state index contributed by atoms with van der Waals surface area (Å²) in [5.41, 5.74) is 2.23. The van der Waals surface area contributed by atoms with Gasteiger partial charge in [0.2, 0.25) is 11.8 Å². The van der Waals surface area contributed by atoms with Crippen LogP contribution in [0.15, 0.2) is 102 Å². The van der Waals surface area contributed by atoms with Gasteiger partial charge in [0.1, 0.15) is 12.6 Å². The highest BCUT2D eigenvalue weighted by Crippen LogP contribution is 2.30. The van der Waals surface area contributed by atoms with Crippen LogP contribution in [-0.4, -0.2) is 44.3 Å². The molecule has 0 saturated carbocycles. The van der Waals surface area contributed by atoms with Gasteiger partial charge in [0.15, 0.2) is 0 Å². The molecule has 2 amide bonds. The Hall–Kier alpha value is -3.56. The third kappa shape index (κ3) is 8.79. The van der Waals surface area contributed by atoms with E-state index in [1.807, 2.05) is 37.3 Å². The summed E-state index contributed by atoms with van der Waals surface area (Å²) in [5.74, 6) is -0.957. The van der Waals surface area contributed by atoms with Crippen LogP contribution in [0.2, 0.25) is 15.1 Å². The zero-order chi connectivity index (χ0) is 32.6. The molecule has 4 aromatic carbocycles. The van der Waals surface area contributed by atoms with Gasteiger partial charge in [0.25, 0.3) is 10.0 Å². The number of anilines is 1. The summed E-state index contributed by atoms with van der Waals surface area (Å²) >= 11 is 18.9. The van der Waals surface area contributed by atoms with Gasteiger partial charge in [-0.25, -0.2) is 8.42 Å². The molecule has 0 fully saturated rings. The van der Waals surface area contributed by atoms with Gasteiger partial charge < -0.3 is 10.2 Å². The van der Waals surface area contributed by atoms with Crippen molar-refractivity contribution in [3.8, 4) is 0 Å². The van der Waals surface area contributed by atoms with E-state index in [4.69, 9.17) is 34.8 Å². The first kappa shape index (κ1) is 34.3. The Morgan fingerprint density at radius 3 is 2.09 bits per heavy atom. The fourth-order valence-electron chi connectivity index (χ4n) is 4.89. The number of amides is 2. The van der Waals surface area contributed by atoms with Crippen LogP contribution in [0.25, 0.3) is 0 Å². The van der Waals surface area contributed by atoms with Crippen molar-refractivity contribution < 1.29 is 18.0 Å². The highest BCUT2D eigenvalue weighted by atomic mass is 35.5. The average Bonchev–Trinajstić information content (AvgIpc) is 3.02. The first-order chi connectivity index (χ1) is 21.5. The SMILES string of the molecule is CCCNC(=O)C(Cc1ccccc1)N(Cc1ccc(Cl)cc1Cl)C(=O)CN(c1ccc(Cl)cc1C)S(=O)(=O)c1ccccc1. The number of benzene rings is 4. The van der Waals surface area contributed by atoms with Crippen molar-refractivity contribution in [2.75, 3.05) is 17.4 Å². The second kappa shape index (κ2) is 15.6. The summed E-state index contributed by atoms with van der Waals surface area (Å²) in [4.78, 5) is 29.7. The van der Waals surface area contributed by atoms with Crippen molar-refractivity contribution in [1.82, 2.24) is 10.2 Å². The van der Waals surface area contributed by atoms with Gasteiger partial charge >= 0.3 is 0 Å². The van der Waals surface area contributed by atoms with E-state index in [-0.39, 0.29) is 29.5 Å². The molecular weight excluding hydrogens is 653 g/mol. The number of hydrogen-bond donors (Lipinski definition) is 1. The summed E-state index contributed by atoms with van der Waals surface area (Å²) in [6.07, 6.45) is 0.887. The zero-order valence-electron chi connectivity index (χ0n) is 24.9. The lowest BCUT2D eigenvalue weighted by Gasteiger charge is -2.34. The Kier molecular flexibility index (Phi) is 11.9. The van der Waals surface area contributed by atoms with Crippen molar-refractivity contribution in [2.24, 2.45) is 0 Å². The number of carbonyl (C=O) groups is 2. The van der Waals surface area contributed by atoms with E-state index in [0.29, 0.717) is 39.2 Å². The number of nitrogens with one attached hydrogen (secondary N) is 1. The van der Waals surface area contributed by atoms with Crippen LogP contribution < -0.4 is 9.62 Å². The molecule has 4 aromatic rings. The lowest BCUT2D eigenvalue weighted by Crippen LogP contribution is -2.53. The molecule has 0 spiro atoms. The molecule has 0 radical (unpaired) electrons. The van der Waals surface area contributed by atoms with Crippen molar-refractivity contribution >= 4 is 62.3 Å². The van der Waals surface area contributed by atoms with Crippen LogP contribution in [-0.2, 0) is 32.6 Å². The predicted octanol–water partition coefficient (Wildman–Crippen LogP) is 7.32. The van der Waals surface area contributed by atoms with Gasteiger partial charge in [-0.3, -0.25) is 13.9 Å². The number of aryl methyl sites for hydroxylation is 1. The van der Waals surface area contributed by atoms with Gasteiger partial charge in [-0.15, -0.1) is 0 Å². The van der Waals surface area contributed by atoms with Crippen molar-refractivity contribution in [1.29, 1.82) is 0 Å². The summed E-state index contributed by atoms with van der Waals surface area (Å²) in [6, 6.07) is 25.9. The van der Waals surface area contributed by atoms with Gasteiger partial charge in [-0.05, 0) is 72.5 Å². The molecule has 1 N–H and O–H groups in total. The van der Waals surface area contributed by atoms with Gasteiger partial charge in [0.05, 0.1) is 10.6 Å². The molecule has 0 aromatic heterocycles. The molecule has 45 heavy (non-hydrogen) atoms. The van der Waals surface area contributed by atoms with Gasteiger partial charge in [-0.1, -0.05) is 96.3 Å². The second-order valence-corrected chi connectivity index (χ2v) is 13.7. The van der Waals surface area contributed by atoms with E-state index in [1.165, 1.54) is 17.0 Å². The van der Waals surface area contributed by atoms with Crippen LogP contribution >= 0.6 is 34.8 Å². The molecule has 7 nitrogen and oxygen atoms in total. The Morgan fingerprint density at radius 1 is 0.844 bits per heavy atom. The standard InChI is InChI=1S/C34H34Cl3N3O4S/c1-3-18-38-34(42)32(20-25-10-6-4-7-11-25)39(22-26-14-15-28(36)21-30(26)37)33(41)23-40(31-17-16-27(35)19-24(31)2)45(43,44)29-12-8-5-9-13-29/h4-17,19,21,32H,3,18,20,22-23H2,1-2H3,(H,38,42). The predicted molar refractivity (Wildman–Crippen MR) is 181 cm³/mol. The van der Waals surface area contributed by atoms with Crippen molar-refractivity contribution in [3.63, 3.8) is 0 Å². The van der Waals surface area contributed by atoms with Crippen LogP contribution in [0.3, 0.4) is 0 Å². The number of nitrogens with zero attached hydrogens (tertiary/aromatic N) is 2. The molecule has 1 unspecified atom stereocenters. The Labute approximate surface area is 279 Å². The fourth-order valence-corrected chi connectivity index (χ4v) is 7.08. The van der Waals surface area contributed by atoms with E-state index < -0.39 is 28.5 Å². The van der Waals surface area contributed by atoms with Crippen LogP contribution in [0.5, 0.6) is 0 Å². The summed E-state index contributed by atoms with van der Waals surface area (Å²) in [5, 5.41) is 4.08. The van der Waals surface area contributed by atoms with Gasteiger partial charge in [0, 0.05) is 34.6 Å². The Balaban J connectivity index is 1.83. The molecule has 0 aliphatic carbocycles. The number of sulfonamides is 1. The minimum atomic E-state index is -4.23. The lowest BCUT2D eigenvalue weighted by molar-refractivity contribution is -0.140. The first-order valence-electron chi connectivity index (χ1n) is 14.4. The van der Waals surface area contributed by atoms with E-state index in [1.54, 1.807) is 61.5 Å². The average molecular weight is 687 g/mol. The highest BCUT2D eigenvalue weighted by molar-refractivity contribution is 7.92. The molecule has 11 heteroatoms. The van der Waals surface area contributed by atoms with Gasteiger partial charge in [-0.2, -0.15) is 0 Å². The third-order valence-corrected chi connectivity index (χ3v) is 9.81. The number of carbonyl (C=O) groups excluding carboxylic acids is 2. The third-order valence-electron chi connectivity index (χ3n) is 7.21. The zero-order valence-corrected chi connectivity index (χ0v) is 28.0. The van der Waals surface area contributed by atoms with Crippen LogP contribution in [0.1, 0.15) is 30.0 Å². The number of rotatable bonds is 13. The second-order valence-electron chi connectivity index (χ2n) is 10.5. The number of halogens is 3. The maximum absolute atomic E-state index is 14.5. The largest absolute Gasteiger partial charge is 0.354 e. The molecule has 1 atom stereocenters. The summed E-state index contributed by atoms with van der Waals surface area (Å²) in [7, 11) is -4.23. The molecule has 0 aliphatic rings. The minimum Gasteiger partial charge on any atom is -0.354 e. The van der Waals surface area contributed by atoms with E-state index in [9.17, 15) is 18.0 Å². The van der Waals surface area contributed by atoms with E-state index >= 15 is 0 Å². The maximum atomic E-state index is 14.5. The topological polar surface area (TPSA) is 86.8 Å². The Bertz CT molecular complexity index is 1740. The molecule has 0 heterocycles. The fraction of sp³-hybridized carbons (Fsp3) is 0.235. The molecule has 0 aliphatic heterocycles. The summed E-state index contributed by atoms with van der Waals surface area (Å²) < 4.78 is 29.3. The van der Waals surface area contributed by atoms with Crippen LogP contribution in [0, 0.1) is 6.92 Å². The van der Waals surface area contributed by atoms with Crippen LogP contribution in [0.4, 0.5) is 5.69 Å². The molecule has 0 saturated heterocycles. The quantitative estimate of drug-likeness (QED) is 0.160. The minimum absolute atomic E-state index is 0.0148. The lowest BCUT2D eigenvalue weighted by atomic mass is 10.0. The maximum Gasteiger partial charge on any atom is 0.264 e. The summed E-state index contributed by atoms with van der Waals surface area (Å²) in [6.45, 7) is 3.42. The molecule has 4 rings (SSSR count). The monoisotopic (exact) mass is 685 g/mol. The van der Waals surface area contributed by atoms with Crippen molar-refractivity contribution in [3.05, 3.63) is 129 Å². The molecular formula is C34H34Cl3N3O4S. The molecule has 0 bridgehead atoms. The first-order valence-corrected chi connectivity index (χ1v) is 17.0. The molecule has 236 valence electrons. The normalized spacial score (nSPS) is 11.9. The Morgan fingerprint density at radius 2 is 1.47 bits per heavy atom. The highest BCUT2D eigenvalue weighted by Gasteiger charge is 2.35. The van der Waals surface area contributed by atoms with E-state index in [0.717, 1.165) is 9.87 Å².